The van der Waals surface area contributed by atoms with Gasteiger partial charge in [-0.3, -0.25) is 19.8 Å². The maximum atomic E-state index is 13.0. The SMILES string of the molecule is C=CCN1C(=O)/C(=C/c2cc(Cl)c(OCc3ccc(F)cc3)c(Cl)c2)C(=O)NC1=S. The van der Waals surface area contributed by atoms with E-state index >= 15 is 0 Å². The van der Waals surface area contributed by atoms with Crippen molar-refractivity contribution < 1.29 is 18.7 Å². The first-order valence-corrected chi connectivity index (χ1v) is 9.82. The molecule has 0 radical (unpaired) electrons. The van der Waals surface area contributed by atoms with Gasteiger partial charge in [0.15, 0.2) is 10.9 Å². The molecule has 0 aliphatic carbocycles. The van der Waals surface area contributed by atoms with Gasteiger partial charge in [0.25, 0.3) is 11.8 Å². The minimum absolute atomic E-state index is 0.0163. The maximum Gasteiger partial charge on any atom is 0.265 e. The van der Waals surface area contributed by atoms with Crippen LogP contribution in [0.5, 0.6) is 5.75 Å². The van der Waals surface area contributed by atoms with Crippen molar-refractivity contribution in [3.05, 3.63) is 81.6 Å². The molecule has 0 unspecified atom stereocenters. The minimum atomic E-state index is -0.616. The number of nitrogens with one attached hydrogen (secondary N) is 1. The first kappa shape index (κ1) is 22.0. The van der Waals surface area contributed by atoms with Crippen LogP contribution in [0.4, 0.5) is 4.39 Å². The Morgan fingerprint density at radius 3 is 2.40 bits per heavy atom. The van der Waals surface area contributed by atoms with Crippen molar-refractivity contribution in [2.45, 2.75) is 6.61 Å². The number of halogens is 3. The quantitative estimate of drug-likeness (QED) is 0.295. The number of nitrogens with zero attached hydrogens (tertiary/aromatic N) is 1. The molecule has 0 bridgehead atoms. The number of carbonyl (C=O) groups is 2. The summed E-state index contributed by atoms with van der Waals surface area (Å²) in [6.07, 6.45) is 2.87. The van der Waals surface area contributed by atoms with Gasteiger partial charge in [-0.05, 0) is 53.7 Å². The summed E-state index contributed by atoms with van der Waals surface area (Å²) in [4.78, 5) is 26.1. The molecule has 30 heavy (non-hydrogen) atoms. The van der Waals surface area contributed by atoms with E-state index in [2.05, 4.69) is 11.9 Å². The van der Waals surface area contributed by atoms with E-state index < -0.39 is 11.8 Å². The Morgan fingerprint density at radius 2 is 1.80 bits per heavy atom. The highest BCUT2D eigenvalue weighted by Crippen LogP contribution is 2.35. The van der Waals surface area contributed by atoms with E-state index in [9.17, 15) is 14.0 Å². The molecule has 2 amide bonds. The number of rotatable bonds is 6. The second-order valence-electron chi connectivity index (χ2n) is 6.25. The average Bonchev–Trinajstić information content (AvgIpc) is 2.69. The third kappa shape index (κ3) is 4.87. The first-order chi connectivity index (χ1) is 14.3. The van der Waals surface area contributed by atoms with E-state index in [1.54, 1.807) is 12.1 Å². The number of ether oxygens (including phenoxy) is 1. The largest absolute Gasteiger partial charge is 0.486 e. The molecule has 1 N–H and O–H groups in total. The van der Waals surface area contributed by atoms with Crippen LogP contribution in [-0.2, 0) is 16.2 Å². The summed E-state index contributed by atoms with van der Waals surface area (Å²) < 4.78 is 18.7. The smallest absolute Gasteiger partial charge is 0.265 e. The second-order valence-corrected chi connectivity index (χ2v) is 7.45. The fraction of sp³-hybridized carbons (Fsp3) is 0.0952. The third-order valence-electron chi connectivity index (χ3n) is 4.13. The number of hydrogen-bond donors (Lipinski definition) is 1. The fourth-order valence-electron chi connectivity index (χ4n) is 2.69. The molecule has 1 fully saturated rings. The molecule has 0 atom stereocenters. The van der Waals surface area contributed by atoms with Crippen molar-refractivity contribution in [3.8, 4) is 5.75 Å². The zero-order valence-electron chi connectivity index (χ0n) is 15.5. The Morgan fingerprint density at radius 1 is 1.17 bits per heavy atom. The van der Waals surface area contributed by atoms with E-state index in [0.717, 1.165) is 5.56 Å². The van der Waals surface area contributed by atoms with Crippen molar-refractivity contribution in [3.63, 3.8) is 0 Å². The molecule has 2 aromatic rings. The summed E-state index contributed by atoms with van der Waals surface area (Å²) in [5.74, 6) is -1.28. The van der Waals surface area contributed by atoms with Crippen molar-refractivity contribution in [2.75, 3.05) is 6.54 Å². The molecule has 1 saturated heterocycles. The molecule has 5 nitrogen and oxygen atoms in total. The molecule has 1 heterocycles. The van der Waals surface area contributed by atoms with Gasteiger partial charge in [0, 0.05) is 6.54 Å². The van der Waals surface area contributed by atoms with Crippen molar-refractivity contribution >= 4 is 58.4 Å². The predicted octanol–water partition coefficient (Wildman–Crippen LogP) is 4.52. The van der Waals surface area contributed by atoms with Crippen LogP contribution in [0.3, 0.4) is 0 Å². The lowest BCUT2D eigenvalue weighted by atomic mass is 10.1. The van der Waals surface area contributed by atoms with Gasteiger partial charge in [-0.15, -0.1) is 6.58 Å². The Balaban J connectivity index is 1.84. The predicted molar refractivity (Wildman–Crippen MR) is 118 cm³/mol. The molecule has 1 aliphatic heterocycles. The van der Waals surface area contributed by atoms with E-state index in [4.69, 9.17) is 40.2 Å². The number of benzene rings is 2. The van der Waals surface area contributed by atoms with Crippen LogP contribution in [0.2, 0.25) is 10.0 Å². The molecule has 0 saturated carbocycles. The van der Waals surface area contributed by atoms with E-state index in [1.807, 2.05) is 0 Å². The van der Waals surface area contributed by atoms with Gasteiger partial charge in [-0.2, -0.15) is 0 Å². The lowest BCUT2D eigenvalue weighted by Gasteiger charge is -2.27. The molecular weight excluding hydrogens is 450 g/mol. The van der Waals surface area contributed by atoms with Crippen LogP contribution in [0, 0.1) is 5.82 Å². The van der Waals surface area contributed by atoms with Gasteiger partial charge in [0.2, 0.25) is 0 Å². The molecule has 0 aromatic heterocycles. The summed E-state index contributed by atoms with van der Waals surface area (Å²) in [5, 5.41) is 2.86. The standard InChI is InChI=1S/C21H15Cl2FN2O3S/c1-2-7-26-20(28)15(19(27)25-21(26)30)8-13-9-16(22)18(17(23)10-13)29-11-12-3-5-14(24)6-4-12/h2-6,8-10H,1,7,11H2,(H,25,27,30)/b15-8+. The minimum Gasteiger partial charge on any atom is -0.486 e. The maximum absolute atomic E-state index is 13.0. The fourth-order valence-corrected chi connectivity index (χ4v) is 3.56. The van der Waals surface area contributed by atoms with Crippen LogP contribution in [0.15, 0.2) is 54.6 Å². The third-order valence-corrected chi connectivity index (χ3v) is 5.01. The van der Waals surface area contributed by atoms with E-state index in [1.165, 1.54) is 41.3 Å². The van der Waals surface area contributed by atoms with Crippen molar-refractivity contribution in [1.29, 1.82) is 0 Å². The van der Waals surface area contributed by atoms with Crippen LogP contribution >= 0.6 is 35.4 Å². The van der Waals surface area contributed by atoms with Gasteiger partial charge >= 0.3 is 0 Å². The second kappa shape index (κ2) is 9.38. The topological polar surface area (TPSA) is 58.6 Å². The summed E-state index contributed by atoms with van der Waals surface area (Å²) in [6.45, 7) is 3.87. The highest BCUT2D eigenvalue weighted by Gasteiger charge is 2.32. The molecule has 9 heteroatoms. The number of carbonyl (C=O) groups excluding carboxylic acids is 2. The zero-order chi connectivity index (χ0) is 21.8. The Bertz CT molecular complexity index is 1050. The molecule has 1 aliphatic rings. The molecule has 154 valence electrons. The molecule has 0 spiro atoms. The van der Waals surface area contributed by atoms with Gasteiger partial charge in [-0.25, -0.2) is 4.39 Å². The van der Waals surface area contributed by atoms with Crippen molar-refractivity contribution in [1.82, 2.24) is 10.2 Å². The summed E-state index contributed by atoms with van der Waals surface area (Å²) in [6, 6.07) is 8.86. The average molecular weight is 465 g/mol. The lowest BCUT2D eigenvalue weighted by molar-refractivity contribution is -0.128. The normalized spacial score (nSPS) is 15.4. The van der Waals surface area contributed by atoms with Crippen molar-refractivity contribution in [2.24, 2.45) is 0 Å². The van der Waals surface area contributed by atoms with Crippen LogP contribution in [-0.4, -0.2) is 28.4 Å². The molecular formula is C21H15Cl2FN2O3S. The van der Waals surface area contributed by atoms with E-state index in [0.29, 0.717) is 5.56 Å². The number of hydrogen-bond acceptors (Lipinski definition) is 4. The molecule has 3 rings (SSSR count). The van der Waals surface area contributed by atoms with Gasteiger partial charge in [-0.1, -0.05) is 41.4 Å². The monoisotopic (exact) mass is 464 g/mol. The van der Waals surface area contributed by atoms with Gasteiger partial charge < -0.3 is 4.74 Å². The summed E-state index contributed by atoms with van der Waals surface area (Å²) >= 11 is 17.6. The summed E-state index contributed by atoms with van der Waals surface area (Å²) in [7, 11) is 0. The van der Waals surface area contributed by atoms with Crippen LogP contribution in [0.25, 0.3) is 6.08 Å². The Hall–Kier alpha value is -2.74. The highest BCUT2D eigenvalue weighted by atomic mass is 35.5. The van der Waals surface area contributed by atoms with Gasteiger partial charge in [0.05, 0.1) is 10.0 Å². The summed E-state index contributed by atoms with van der Waals surface area (Å²) in [5.41, 5.74) is 1.05. The highest BCUT2D eigenvalue weighted by molar-refractivity contribution is 7.80. The van der Waals surface area contributed by atoms with Crippen LogP contribution in [0.1, 0.15) is 11.1 Å². The lowest BCUT2D eigenvalue weighted by Crippen LogP contribution is -2.53. The number of thiocarbonyl (C=S) groups is 1. The van der Waals surface area contributed by atoms with Gasteiger partial charge in [0.1, 0.15) is 18.0 Å². The van der Waals surface area contributed by atoms with E-state index in [-0.39, 0.29) is 45.4 Å². The Kier molecular flexibility index (Phi) is 6.87. The Labute approximate surface area is 187 Å². The first-order valence-electron chi connectivity index (χ1n) is 8.66. The zero-order valence-corrected chi connectivity index (χ0v) is 17.8. The van der Waals surface area contributed by atoms with Crippen LogP contribution < -0.4 is 10.1 Å². The number of amides is 2. The molecule has 2 aromatic carbocycles.